The molecule has 2 heterocycles. The van der Waals surface area contributed by atoms with Crippen LogP contribution in [-0.2, 0) is 17.8 Å². The highest BCUT2D eigenvalue weighted by atomic mass is 35.5. The molecule has 0 spiro atoms. The van der Waals surface area contributed by atoms with Gasteiger partial charge in [-0.05, 0) is 44.4 Å². The Balaban J connectivity index is 1.90. The monoisotopic (exact) mass is 375 g/mol. The Morgan fingerprint density at radius 3 is 2.92 bits per heavy atom. The van der Waals surface area contributed by atoms with Crippen molar-refractivity contribution in [3.05, 3.63) is 29.0 Å². The molecule has 1 aromatic carbocycles. The Bertz CT molecular complexity index is 799. The smallest absolute Gasteiger partial charge is 0.244 e. The lowest BCUT2D eigenvalue weighted by Crippen LogP contribution is -2.48. The molecule has 0 bridgehead atoms. The lowest BCUT2D eigenvalue weighted by molar-refractivity contribution is -0.120. The van der Waals surface area contributed by atoms with Crippen LogP contribution in [-0.4, -0.2) is 26.2 Å². The summed E-state index contributed by atoms with van der Waals surface area (Å²) in [4.78, 5) is 12.5. The number of carbonyl (C=O) groups excluding carboxylic acids is 1. The zero-order valence-electron chi connectivity index (χ0n) is 15.4. The van der Waals surface area contributed by atoms with Gasteiger partial charge in [0.25, 0.3) is 0 Å². The zero-order chi connectivity index (χ0) is 18.7. The highest BCUT2D eigenvalue weighted by molar-refractivity contribution is 6.33. The van der Waals surface area contributed by atoms with E-state index in [0.29, 0.717) is 17.1 Å². The molecular weight excluding hydrogens is 350 g/mol. The van der Waals surface area contributed by atoms with Crippen LogP contribution in [0.2, 0.25) is 5.02 Å². The third-order valence-electron chi connectivity index (χ3n) is 4.86. The fraction of sp³-hybridized carbons (Fsp3) is 0.526. The Kier molecular flexibility index (Phi) is 5.63. The van der Waals surface area contributed by atoms with Gasteiger partial charge in [-0.25, -0.2) is 0 Å². The first-order valence-corrected chi connectivity index (χ1v) is 9.62. The molecule has 140 valence electrons. The van der Waals surface area contributed by atoms with Crippen LogP contribution in [0.1, 0.15) is 51.8 Å². The first kappa shape index (κ1) is 18.9. The molecular formula is C19H26ClN5O. The van der Waals surface area contributed by atoms with E-state index in [1.807, 2.05) is 13.0 Å². The summed E-state index contributed by atoms with van der Waals surface area (Å²) in [7, 11) is 0. The van der Waals surface area contributed by atoms with Gasteiger partial charge >= 0.3 is 0 Å². The summed E-state index contributed by atoms with van der Waals surface area (Å²) in [5, 5.41) is 12.2. The lowest BCUT2D eigenvalue weighted by Gasteiger charge is -2.23. The van der Waals surface area contributed by atoms with Crippen molar-refractivity contribution in [2.45, 2.75) is 64.5 Å². The molecule has 0 radical (unpaired) electrons. The van der Waals surface area contributed by atoms with Gasteiger partial charge in [-0.1, -0.05) is 31.4 Å². The van der Waals surface area contributed by atoms with Gasteiger partial charge < -0.3 is 15.6 Å². The highest BCUT2D eigenvalue weighted by Crippen LogP contribution is 2.31. The number of fused-ring (bicyclic) bond motifs is 1. The molecule has 0 saturated carbocycles. The number of amides is 1. The predicted octanol–water partition coefficient (Wildman–Crippen LogP) is 3.78. The van der Waals surface area contributed by atoms with E-state index in [-0.39, 0.29) is 5.91 Å². The molecule has 1 aliphatic heterocycles. The van der Waals surface area contributed by atoms with Gasteiger partial charge in [0.15, 0.2) is 5.82 Å². The Morgan fingerprint density at radius 2 is 2.15 bits per heavy atom. The third kappa shape index (κ3) is 3.91. The minimum atomic E-state index is -0.902. The van der Waals surface area contributed by atoms with E-state index in [0.717, 1.165) is 49.4 Å². The summed E-state index contributed by atoms with van der Waals surface area (Å²) >= 11 is 6.43. The molecule has 1 atom stereocenters. The number of hydrogen-bond donors (Lipinski definition) is 2. The topological polar surface area (TPSA) is 85.8 Å². The number of benzene rings is 1. The number of hydrogen-bond acceptors (Lipinski definition) is 4. The first-order chi connectivity index (χ1) is 12.4. The molecule has 6 nitrogen and oxygen atoms in total. The highest BCUT2D eigenvalue weighted by Gasteiger charge is 2.27. The number of nitrogens with zero attached hydrogens (tertiary/aromatic N) is 3. The van der Waals surface area contributed by atoms with Crippen LogP contribution in [0.25, 0.3) is 11.4 Å². The van der Waals surface area contributed by atoms with Crippen LogP contribution in [0.3, 0.4) is 0 Å². The number of aromatic nitrogens is 3. The van der Waals surface area contributed by atoms with Crippen molar-refractivity contribution in [3.63, 3.8) is 0 Å². The van der Waals surface area contributed by atoms with Crippen molar-refractivity contribution in [1.29, 1.82) is 0 Å². The standard InChI is InChI=1S/C19H26ClN5O/c1-3-10-19(2,21)18(26)22-13-8-9-15(20)14(12-13)17-24-23-16-7-5-4-6-11-25(16)17/h8-9,12H,3-7,10-11,21H2,1-2H3,(H,22,26). The molecule has 1 amide bonds. The lowest BCUT2D eigenvalue weighted by atomic mass is 9.96. The molecule has 0 aliphatic carbocycles. The maximum Gasteiger partial charge on any atom is 0.244 e. The summed E-state index contributed by atoms with van der Waals surface area (Å²) < 4.78 is 2.14. The maximum absolute atomic E-state index is 12.5. The average molecular weight is 376 g/mol. The van der Waals surface area contributed by atoms with E-state index < -0.39 is 5.54 Å². The Labute approximate surface area is 159 Å². The molecule has 7 heteroatoms. The van der Waals surface area contributed by atoms with Crippen LogP contribution in [0.4, 0.5) is 5.69 Å². The molecule has 0 saturated heterocycles. The van der Waals surface area contributed by atoms with Gasteiger partial charge in [0.05, 0.1) is 10.6 Å². The van der Waals surface area contributed by atoms with E-state index >= 15 is 0 Å². The van der Waals surface area contributed by atoms with Crippen LogP contribution < -0.4 is 11.1 Å². The predicted molar refractivity (Wildman–Crippen MR) is 104 cm³/mol. The summed E-state index contributed by atoms with van der Waals surface area (Å²) in [6, 6.07) is 5.41. The van der Waals surface area contributed by atoms with Gasteiger partial charge in [-0.3, -0.25) is 4.79 Å². The van der Waals surface area contributed by atoms with E-state index in [2.05, 4.69) is 20.1 Å². The summed E-state index contributed by atoms with van der Waals surface area (Å²) in [5.41, 5.74) is 6.66. The van der Waals surface area contributed by atoms with E-state index in [1.54, 1.807) is 19.1 Å². The molecule has 3 N–H and O–H groups in total. The van der Waals surface area contributed by atoms with Crippen LogP contribution in [0.5, 0.6) is 0 Å². The maximum atomic E-state index is 12.5. The number of anilines is 1. The summed E-state index contributed by atoms with van der Waals surface area (Å²) in [5.74, 6) is 1.56. The van der Waals surface area contributed by atoms with Gasteiger partial charge in [-0.2, -0.15) is 0 Å². The normalized spacial score (nSPS) is 16.5. The second kappa shape index (κ2) is 7.76. The van der Waals surface area contributed by atoms with Gasteiger partial charge in [0.1, 0.15) is 5.82 Å². The number of halogens is 1. The van der Waals surface area contributed by atoms with Crippen molar-refractivity contribution < 1.29 is 4.79 Å². The molecule has 26 heavy (non-hydrogen) atoms. The molecule has 1 unspecified atom stereocenters. The van der Waals surface area contributed by atoms with Crippen molar-refractivity contribution in [3.8, 4) is 11.4 Å². The fourth-order valence-corrected chi connectivity index (χ4v) is 3.57. The second-order valence-electron chi connectivity index (χ2n) is 7.22. The molecule has 1 aliphatic rings. The van der Waals surface area contributed by atoms with Crippen LogP contribution in [0.15, 0.2) is 18.2 Å². The van der Waals surface area contributed by atoms with E-state index in [1.165, 1.54) is 6.42 Å². The van der Waals surface area contributed by atoms with Crippen molar-refractivity contribution in [1.82, 2.24) is 14.8 Å². The third-order valence-corrected chi connectivity index (χ3v) is 5.19. The number of nitrogens with two attached hydrogens (primary N) is 1. The molecule has 3 rings (SSSR count). The van der Waals surface area contributed by atoms with Gasteiger partial charge in [0.2, 0.25) is 5.91 Å². The quantitative estimate of drug-likeness (QED) is 0.832. The van der Waals surface area contributed by atoms with E-state index in [9.17, 15) is 4.79 Å². The minimum absolute atomic E-state index is 0.201. The summed E-state index contributed by atoms with van der Waals surface area (Å²) in [6.07, 6.45) is 5.83. The largest absolute Gasteiger partial charge is 0.324 e. The van der Waals surface area contributed by atoms with Gasteiger partial charge in [0, 0.05) is 24.2 Å². The Morgan fingerprint density at radius 1 is 1.35 bits per heavy atom. The van der Waals surface area contributed by atoms with Gasteiger partial charge in [-0.15, -0.1) is 10.2 Å². The SMILES string of the molecule is CCCC(C)(N)C(=O)Nc1ccc(Cl)c(-c2nnc3n2CCCCC3)c1. The number of aryl methyl sites for hydroxylation is 1. The number of carbonyl (C=O) groups is 1. The second-order valence-corrected chi connectivity index (χ2v) is 7.63. The number of nitrogens with one attached hydrogen (secondary N) is 1. The van der Waals surface area contributed by atoms with Crippen LogP contribution >= 0.6 is 11.6 Å². The summed E-state index contributed by atoms with van der Waals surface area (Å²) in [6.45, 7) is 4.65. The Hall–Kier alpha value is -1.92. The average Bonchev–Trinajstić information content (AvgIpc) is 2.84. The van der Waals surface area contributed by atoms with E-state index in [4.69, 9.17) is 17.3 Å². The molecule has 2 aromatic rings. The number of rotatable bonds is 5. The first-order valence-electron chi connectivity index (χ1n) is 9.24. The molecule has 1 aromatic heterocycles. The minimum Gasteiger partial charge on any atom is -0.324 e. The van der Waals surface area contributed by atoms with Crippen molar-refractivity contribution >= 4 is 23.2 Å². The van der Waals surface area contributed by atoms with Crippen LogP contribution in [0, 0.1) is 0 Å². The van der Waals surface area contributed by atoms with Crippen molar-refractivity contribution in [2.24, 2.45) is 5.73 Å². The fourth-order valence-electron chi connectivity index (χ4n) is 3.37. The molecule has 0 fully saturated rings. The zero-order valence-corrected chi connectivity index (χ0v) is 16.1. The van der Waals surface area contributed by atoms with Crippen molar-refractivity contribution in [2.75, 3.05) is 5.32 Å².